The lowest BCUT2D eigenvalue weighted by atomic mass is 9.58. The molecule has 4 heterocycles. The molecule has 1 saturated carbocycles. The highest BCUT2D eigenvalue weighted by molar-refractivity contribution is 5.79. The quantitative estimate of drug-likeness (QED) is 0.285. The van der Waals surface area contributed by atoms with Gasteiger partial charge in [-0.1, -0.05) is 12.1 Å². The molecule has 0 amide bonds. The minimum absolute atomic E-state index is 0.261. The van der Waals surface area contributed by atoms with Crippen molar-refractivity contribution in [3.63, 3.8) is 0 Å². The highest BCUT2D eigenvalue weighted by Gasteiger charge is 2.50. The third-order valence-electron chi connectivity index (χ3n) is 8.78. The predicted octanol–water partition coefficient (Wildman–Crippen LogP) is 5.92. The van der Waals surface area contributed by atoms with Crippen molar-refractivity contribution in [3.05, 3.63) is 65.9 Å². The molecule has 0 bridgehead atoms. The molecular weight excluding hydrogens is 495 g/mol. The van der Waals surface area contributed by atoms with Gasteiger partial charge in [0.15, 0.2) is 5.79 Å². The van der Waals surface area contributed by atoms with Gasteiger partial charge in [0.25, 0.3) is 0 Å². The van der Waals surface area contributed by atoms with E-state index in [0.29, 0.717) is 35.0 Å². The lowest BCUT2D eigenvalue weighted by Crippen LogP contribution is -2.51. The molecule has 6 rings (SSSR count). The Morgan fingerprint density at radius 1 is 1.08 bits per heavy atom. The average Bonchev–Trinajstić information content (AvgIpc) is 3.35. The van der Waals surface area contributed by atoms with Gasteiger partial charge in [-0.25, -0.2) is 9.97 Å². The molecule has 1 unspecified atom stereocenters. The zero-order valence-electron chi connectivity index (χ0n) is 23.0. The highest BCUT2D eigenvalue weighted by atomic mass is 19.1. The molecule has 3 aromatic rings. The maximum atomic E-state index is 13.9. The first kappa shape index (κ1) is 26.3. The fourth-order valence-electron chi connectivity index (χ4n) is 6.31. The first-order valence-corrected chi connectivity index (χ1v) is 13.8. The number of hydrogen-bond acceptors (Lipinski definition) is 7. The summed E-state index contributed by atoms with van der Waals surface area (Å²) in [5, 5.41) is 0. The molecule has 3 aliphatic rings. The molecule has 39 heavy (non-hydrogen) atoms. The van der Waals surface area contributed by atoms with E-state index in [1.807, 2.05) is 19.9 Å². The van der Waals surface area contributed by atoms with Crippen LogP contribution in [0.2, 0.25) is 0 Å². The number of rotatable bonds is 8. The van der Waals surface area contributed by atoms with Gasteiger partial charge in [0.1, 0.15) is 12.5 Å². The maximum Gasteiger partial charge on any atom is 0.213 e. The molecule has 2 aliphatic heterocycles. The van der Waals surface area contributed by atoms with Crippen LogP contribution in [0.5, 0.6) is 0 Å². The Morgan fingerprint density at radius 3 is 2.62 bits per heavy atom. The van der Waals surface area contributed by atoms with Gasteiger partial charge in [0, 0.05) is 54.7 Å². The van der Waals surface area contributed by atoms with Crippen LogP contribution in [0.3, 0.4) is 0 Å². The Hall–Kier alpha value is -2.91. The smallest absolute Gasteiger partial charge is 0.213 e. The second-order valence-corrected chi connectivity index (χ2v) is 11.8. The molecule has 1 spiro atoms. The molecule has 206 valence electrons. The summed E-state index contributed by atoms with van der Waals surface area (Å²) >= 11 is 0. The topological polar surface area (TPSA) is 82.7 Å². The van der Waals surface area contributed by atoms with Crippen LogP contribution in [0.1, 0.15) is 62.6 Å². The zero-order chi connectivity index (χ0) is 27.2. The molecule has 2 N–H and O–H groups in total. The summed E-state index contributed by atoms with van der Waals surface area (Å²) in [5.41, 5.74) is 12.8. The minimum Gasteiger partial charge on any atom is -0.383 e. The van der Waals surface area contributed by atoms with E-state index in [2.05, 4.69) is 33.1 Å². The Balaban J connectivity index is 1.35. The van der Waals surface area contributed by atoms with E-state index in [-0.39, 0.29) is 6.04 Å². The highest BCUT2D eigenvalue weighted by Crippen LogP contribution is 2.56. The number of aromatic nitrogens is 2. The molecule has 1 atom stereocenters. The van der Waals surface area contributed by atoms with E-state index in [1.54, 1.807) is 19.4 Å². The lowest BCUT2D eigenvalue weighted by Gasteiger charge is -2.54. The van der Waals surface area contributed by atoms with E-state index >= 15 is 0 Å². The molecule has 1 aliphatic carbocycles. The van der Waals surface area contributed by atoms with Crippen LogP contribution >= 0.6 is 0 Å². The van der Waals surface area contributed by atoms with E-state index in [0.717, 1.165) is 43.7 Å². The largest absolute Gasteiger partial charge is 0.383 e. The fraction of sp³-hybridized carbons (Fsp3) is 0.484. The number of pyridine rings is 2. The maximum absolute atomic E-state index is 13.9. The monoisotopic (exact) mass is 532 g/mol. The summed E-state index contributed by atoms with van der Waals surface area (Å²) < 4.78 is 31.1. The number of nitrogens with two attached hydrogens (primary N) is 1. The molecule has 1 aromatic carbocycles. The number of halogens is 1. The molecular formula is C31H37FN4O3. The van der Waals surface area contributed by atoms with Gasteiger partial charge in [0.2, 0.25) is 5.95 Å². The van der Waals surface area contributed by atoms with Crippen molar-refractivity contribution in [2.45, 2.75) is 57.3 Å². The number of likely N-dealkylation sites (tertiary alicyclic amines) is 1. The molecule has 0 radical (unpaired) electrons. The van der Waals surface area contributed by atoms with Gasteiger partial charge in [-0.3, -0.25) is 4.90 Å². The second-order valence-electron chi connectivity index (χ2n) is 11.8. The Morgan fingerprint density at radius 2 is 1.90 bits per heavy atom. The summed E-state index contributed by atoms with van der Waals surface area (Å²) in [6.07, 6.45) is 7.81. The van der Waals surface area contributed by atoms with Crippen molar-refractivity contribution in [1.82, 2.24) is 14.9 Å². The minimum atomic E-state index is -0.638. The molecule has 3 fully saturated rings. The van der Waals surface area contributed by atoms with E-state index in [4.69, 9.17) is 19.9 Å². The van der Waals surface area contributed by atoms with Gasteiger partial charge < -0.3 is 19.9 Å². The standard InChI is InChI=1S/C31H37FN4O3/c1-30(2,37-3)39-19-36-10-4-5-27(36)26-11-20(6-7-24(26)23-14-31(15-23)17-38-18-31)22-12-25(29(33)35-16-22)21-8-9-34-28(32)13-21/h6-9,11-13,16,23,27H,4-5,10,14-15,17-19H2,1-3H3,(H2,33,35). The SMILES string of the molecule is COC(C)(C)OCN1CCCC1c1cc(-c2cnc(N)c(-c3ccnc(F)c3)c2)ccc1C1CC2(COC2)C1. The van der Waals surface area contributed by atoms with Crippen LogP contribution in [0.25, 0.3) is 22.3 Å². The normalized spacial score (nSPS) is 21.2. The van der Waals surface area contributed by atoms with E-state index in [1.165, 1.54) is 36.2 Å². The van der Waals surface area contributed by atoms with Crippen molar-refractivity contribution >= 4 is 5.82 Å². The summed E-state index contributed by atoms with van der Waals surface area (Å²) in [7, 11) is 1.68. The zero-order valence-corrected chi connectivity index (χ0v) is 23.0. The van der Waals surface area contributed by atoms with Gasteiger partial charge in [-0.15, -0.1) is 0 Å². The first-order chi connectivity index (χ1) is 18.8. The van der Waals surface area contributed by atoms with Crippen LogP contribution in [-0.4, -0.2) is 54.3 Å². The number of benzene rings is 1. The van der Waals surface area contributed by atoms with Crippen LogP contribution in [0.4, 0.5) is 10.2 Å². The summed E-state index contributed by atoms with van der Waals surface area (Å²) in [5.74, 6) is -0.277. The summed E-state index contributed by atoms with van der Waals surface area (Å²) in [4.78, 5) is 10.6. The van der Waals surface area contributed by atoms with E-state index in [9.17, 15) is 4.39 Å². The third kappa shape index (κ3) is 5.18. The van der Waals surface area contributed by atoms with Crippen molar-refractivity contribution in [1.29, 1.82) is 0 Å². The number of methoxy groups -OCH3 is 1. The molecule has 2 aromatic heterocycles. The Bertz CT molecular complexity index is 1350. The predicted molar refractivity (Wildman–Crippen MR) is 148 cm³/mol. The van der Waals surface area contributed by atoms with Crippen LogP contribution < -0.4 is 5.73 Å². The van der Waals surface area contributed by atoms with Gasteiger partial charge >= 0.3 is 0 Å². The van der Waals surface area contributed by atoms with Crippen molar-refractivity contribution in [2.75, 3.05) is 39.3 Å². The number of nitrogens with zero attached hydrogens (tertiary/aromatic N) is 3. The molecule has 2 saturated heterocycles. The van der Waals surface area contributed by atoms with Crippen LogP contribution in [0, 0.1) is 11.4 Å². The first-order valence-electron chi connectivity index (χ1n) is 13.8. The Labute approximate surface area is 229 Å². The fourth-order valence-corrected chi connectivity index (χ4v) is 6.31. The van der Waals surface area contributed by atoms with Crippen molar-refractivity contribution in [3.8, 4) is 22.3 Å². The molecule has 7 nitrogen and oxygen atoms in total. The van der Waals surface area contributed by atoms with Gasteiger partial charge in [-0.2, -0.15) is 4.39 Å². The third-order valence-corrected chi connectivity index (χ3v) is 8.78. The van der Waals surface area contributed by atoms with Crippen LogP contribution in [-0.2, 0) is 14.2 Å². The average molecular weight is 533 g/mol. The van der Waals surface area contributed by atoms with E-state index < -0.39 is 11.7 Å². The van der Waals surface area contributed by atoms with Crippen molar-refractivity contribution in [2.24, 2.45) is 5.41 Å². The number of ether oxygens (including phenoxy) is 3. The van der Waals surface area contributed by atoms with Gasteiger partial charge in [-0.05, 0) is 85.9 Å². The molecule has 8 heteroatoms. The summed E-state index contributed by atoms with van der Waals surface area (Å²) in [6, 6.07) is 12.2. The van der Waals surface area contributed by atoms with Crippen LogP contribution in [0.15, 0.2) is 48.8 Å². The lowest BCUT2D eigenvalue weighted by molar-refractivity contribution is -0.219. The Kier molecular flexibility index (Phi) is 6.91. The number of anilines is 1. The summed E-state index contributed by atoms with van der Waals surface area (Å²) in [6.45, 7) is 7.16. The number of hydrogen-bond donors (Lipinski definition) is 1. The van der Waals surface area contributed by atoms with Crippen molar-refractivity contribution < 1.29 is 18.6 Å². The second kappa shape index (κ2) is 10.2. The number of nitrogen functional groups attached to an aromatic ring is 1. The van der Waals surface area contributed by atoms with Gasteiger partial charge in [0.05, 0.1) is 13.2 Å².